The lowest BCUT2D eigenvalue weighted by atomic mass is 10.1. The lowest BCUT2D eigenvalue weighted by Gasteiger charge is -2.22. The molecule has 1 aromatic carbocycles. The second kappa shape index (κ2) is 9.81. The van der Waals surface area contributed by atoms with E-state index < -0.39 is 0 Å². The van der Waals surface area contributed by atoms with Gasteiger partial charge in [0.1, 0.15) is 0 Å². The number of halogens is 1. The average molecular weight is 341 g/mol. The van der Waals surface area contributed by atoms with Crippen LogP contribution in [0.2, 0.25) is 0 Å². The molecule has 0 aromatic heterocycles. The molecular weight excluding hydrogens is 316 g/mol. The summed E-state index contributed by atoms with van der Waals surface area (Å²) in [6.07, 6.45) is 4.03. The van der Waals surface area contributed by atoms with Crippen molar-refractivity contribution in [3.05, 3.63) is 34.3 Å². The predicted molar refractivity (Wildman–Crippen MR) is 88.0 cm³/mol. The Bertz CT molecular complexity index is 409. The fourth-order valence-electron chi connectivity index (χ4n) is 2.05. The van der Waals surface area contributed by atoms with E-state index >= 15 is 0 Å². The van der Waals surface area contributed by atoms with E-state index in [-0.39, 0.29) is 6.03 Å². The number of nitrogens with zero attached hydrogens (tertiary/aromatic N) is 1. The molecule has 1 rings (SSSR count). The molecule has 0 unspecified atom stereocenters. The highest BCUT2D eigenvalue weighted by atomic mass is 79.9. The summed E-state index contributed by atoms with van der Waals surface area (Å²) in [4.78, 5) is 14.0. The van der Waals surface area contributed by atoms with Gasteiger partial charge in [-0.15, -0.1) is 0 Å². The Kier molecular flexibility index (Phi) is 8.35. The van der Waals surface area contributed by atoms with Gasteiger partial charge < -0.3 is 10.2 Å². The van der Waals surface area contributed by atoms with E-state index in [0.29, 0.717) is 6.54 Å². The lowest BCUT2D eigenvalue weighted by molar-refractivity contribution is 0.197. The van der Waals surface area contributed by atoms with Crippen molar-refractivity contribution in [3.8, 4) is 0 Å². The zero-order valence-electron chi connectivity index (χ0n) is 12.5. The summed E-state index contributed by atoms with van der Waals surface area (Å²) in [6, 6.07) is 8.19. The fourth-order valence-corrected chi connectivity index (χ4v) is 2.53. The van der Waals surface area contributed by atoms with Crippen molar-refractivity contribution in [1.29, 1.82) is 0 Å². The van der Waals surface area contributed by atoms with E-state index in [1.54, 1.807) is 0 Å². The Morgan fingerprint density at radius 1 is 1.20 bits per heavy atom. The highest BCUT2D eigenvalue weighted by Gasteiger charge is 2.11. The van der Waals surface area contributed by atoms with Gasteiger partial charge in [-0.1, -0.05) is 54.4 Å². The van der Waals surface area contributed by atoms with Crippen molar-refractivity contribution in [2.24, 2.45) is 0 Å². The summed E-state index contributed by atoms with van der Waals surface area (Å²) in [5.41, 5.74) is 1.23. The van der Waals surface area contributed by atoms with Gasteiger partial charge in [-0.2, -0.15) is 0 Å². The smallest absolute Gasteiger partial charge is 0.317 e. The molecule has 1 N–H and O–H groups in total. The number of nitrogens with one attached hydrogen (secondary N) is 1. The normalized spacial score (nSPS) is 10.3. The number of unbranched alkanes of at least 4 members (excludes halogenated alkanes) is 1. The van der Waals surface area contributed by atoms with Crippen molar-refractivity contribution >= 4 is 22.0 Å². The third kappa shape index (κ3) is 5.95. The topological polar surface area (TPSA) is 32.3 Å². The van der Waals surface area contributed by atoms with Gasteiger partial charge in [0.2, 0.25) is 0 Å². The van der Waals surface area contributed by atoms with Gasteiger partial charge in [0.05, 0.1) is 0 Å². The van der Waals surface area contributed by atoms with Crippen LogP contribution in [0.5, 0.6) is 0 Å². The van der Waals surface area contributed by atoms with Crippen LogP contribution >= 0.6 is 15.9 Å². The second-order valence-electron chi connectivity index (χ2n) is 4.91. The summed E-state index contributed by atoms with van der Waals surface area (Å²) < 4.78 is 1.10. The quantitative estimate of drug-likeness (QED) is 0.755. The van der Waals surface area contributed by atoms with Gasteiger partial charge in [0.25, 0.3) is 0 Å². The molecule has 0 radical (unpaired) electrons. The minimum absolute atomic E-state index is 0.0624. The molecule has 0 bridgehead atoms. The summed E-state index contributed by atoms with van der Waals surface area (Å²) in [5.74, 6) is 0. The van der Waals surface area contributed by atoms with Crippen molar-refractivity contribution in [1.82, 2.24) is 10.2 Å². The largest absolute Gasteiger partial charge is 0.338 e. The molecule has 2 amide bonds. The number of urea groups is 1. The molecule has 0 aliphatic rings. The van der Waals surface area contributed by atoms with Crippen LogP contribution < -0.4 is 5.32 Å². The third-order valence-electron chi connectivity index (χ3n) is 3.19. The van der Waals surface area contributed by atoms with Crippen molar-refractivity contribution in [2.75, 3.05) is 19.6 Å². The van der Waals surface area contributed by atoms with E-state index in [9.17, 15) is 4.79 Å². The molecule has 0 aliphatic heterocycles. The summed E-state index contributed by atoms with van der Waals surface area (Å²) in [6.45, 7) is 6.61. The van der Waals surface area contributed by atoms with E-state index in [0.717, 1.165) is 43.2 Å². The zero-order valence-corrected chi connectivity index (χ0v) is 14.1. The first kappa shape index (κ1) is 17.0. The van der Waals surface area contributed by atoms with Crippen molar-refractivity contribution in [3.63, 3.8) is 0 Å². The Hall–Kier alpha value is -1.03. The van der Waals surface area contributed by atoms with Crippen LogP contribution in [0.25, 0.3) is 0 Å². The molecule has 112 valence electrons. The standard InChI is InChI=1S/C16H25BrN2O/c1-3-5-13-19(12-4-2)16(20)18-11-10-14-8-6-7-9-15(14)17/h6-9H,3-5,10-13H2,1-2H3,(H,18,20). The molecule has 0 saturated carbocycles. The molecule has 4 heteroatoms. The van der Waals surface area contributed by atoms with E-state index in [2.05, 4.69) is 41.2 Å². The molecular formula is C16H25BrN2O. The minimum atomic E-state index is 0.0624. The van der Waals surface area contributed by atoms with Crippen LogP contribution in [0.1, 0.15) is 38.7 Å². The van der Waals surface area contributed by atoms with Gasteiger partial charge >= 0.3 is 6.03 Å². The minimum Gasteiger partial charge on any atom is -0.338 e. The maximum atomic E-state index is 12.1. The van der Waals surface area contributed by atoms with Crippen LogP contribution in [-0.4, -0.2) is 30.6 Å². The van der Waals surface area contributed by atoms with Gasteiger partial charge in [-0.05, 0) is 30.9 Å². The first-order valence-corrected chi connectivity index (χ1v) is 8.24. The Balaban J connectivity index is 2.38. The maximum absolute atomic E-state index is 12.1. The predicted octanol–water partition coefficient (Wildman–Crippen LogP) is 4.21. The van der Waals surface area contributed by atoms with Crippen LogP contribution in [-0.2, 0) is 6.42 Å². The van der Waals surface area contributed by atoms with Gasteiger partial charge in [0.15, 0.2) is 0 Å². The molecule has 0 aliphatic carbocycles. The molecule has 20 heavy (non-hydrogen) atoms. The van der Waals surface area contributed by atoms with Crippen molar-refractivity contribution < 1.29 is 4.79 Å². The summed E-state index contributed by atoms with van der Waals surface area (Å²) >= 11 is 3.53. The number of carbonyl (C=O) groups excluding carboxylic acids is 1. The van der Waals surface area contributed by atoms with Crippen LogP contribution in [0, 0.1) is 0 Å². The number of hydrogen-bond donors (Lipinski definition) is 1. The number of rotatable bonds is 8. The lowest BCUT2D eigenvalue weighted by Crippen LogP contribution is -2.41. The van der Waals surface area contributed by atoms with Gasteiger partial charge in [-0.3, -0.25) is 0 Å². The van der Waals surface area contributed by atoms with Gasteiger partial charge in [-0.25, -0.2) is 4.79 Å². The number of carbonyl (C=O) groups is 1. The highest BCUT2D eigenvalue weighted by Crippen LogP contribution is 2.15. The third-order valence-corrected chi connectivity index (χ3v) is 3.96. The van der Waals surface area contributed by atoms with Crippen molar-refractivity contribution in [2.45, 2.75) is 39.5 Å². The SMILES string of the molecule is CCCCN(CCC)C(=O)NCCc1ccccc1Br. The maximum Gasteiger partial charge on any atom is 0.317 e. The van der Waals surface area contributed by atoms with E-state index in [1.807, 2.05) is 23.1 Å². The molecule has 0 atom stereocenters. The second-order valence-corrected chi connectivity index (χ2v) is 5.77. The van der Waals surface area contributed by atoms with E-state index in [4.69, 9.17) is 0 Å². The molecule has 3 nitrogen and oxygen atoms in total. The molecule has 0 spiro atoms. The van der Waals surface area contributed by atoms with Crippen LogP contribution in [0.4, 0.5) is 4.79 Å². The Morgan fingerprint density at radius 3 is 2.60 bits per heavy atom. The monoisotopic (exact) mass is 340 g/mol. The Labute approximate surface area is 130 Å². The number of amides is 2. The first-order chi connectivity index (χ1) is 9.69. The summed E-state index contributed by atoms with van der Waals surface area (Å²) in [5, 5.41) is 3.02. The van der Waals surface area contributed by atoms with Gasteiger partial charge in [0, 0.05) is 24.1 Å². The first-order valence-electron chi connectivity index (χ1n) is 7.45. The Morgan fingerprint density at radius 2 is 1.95 bits per heavy atom. The number of benzene rings is 1. The zero-order chi connectivity index (χ0) is 14.8. The average Bonchev–Trinajstić information content (AvgIpc) is 2.45. The highest BCUT2D eigenvalue weighted by molar-refractivity contribution is 9.10. The molecule has 1 aromatic rings. The molecule has 0 heterocycles. The van der Waals surface area contributed by atoms with Crippen LogP contribution in [0.3, 0.4) is 0 Å². The number of hydrogen-bond acceptors (Lipinski definition) is 1. The molecule has 0 saturated heterocycles. The van der Waals surface area contributed by atoms with Crippen LogP contribution in [0.15, 0.2) is 28.7 Å². The van der Waals surface area contributed by atoms with E-state index in [1.165, 1.54) is 5.56 Å². The fraction of sp³-hybridized carbons (Fsp3) is 0.562. The molecule has 0 fully saturated rings. The summed E-state index contributed by atoms with van der Waals surface area (Å²) in [7, 11) is 0.